The molecule has 1 amide bonds. The topological polar surface area (TPSA) is 63.2 Å². The minimum atomic E-state index is -3.89. The molecule has 140 valence electrons. The van der Waals surface area contributed by atoms with Gasteiger partial charge in [-0.15, -0.1) is 11.8 Å². The van der Waals surface area contributed by atoms with E-state index in [0.717, 1.165) is 21.2 Å². The van der Waals surface area contributed by atoms with Crippen LogP contribution in [-0.4, -0.2) is 20.1 Å². The zero-order valence-electron chi connectivity index (χ0n) is 15.4. The van der Waals surface area contributed by atoms with Crippen LogP contribution in [0.25, 0.3) is 10.8 Å². The number of hydrogen-bond acceptors (Lipinski definition) is 4. The van der Waals surface area contributed by atoms with E-state index in [9.17, 15) is 13.2 Å². The van der Waals surface area contributed by atoms with Crippen molar-refractivity contribution in [2.24, 2.45) is 0 Å². The van der Waals surface area contributed by atoms with Crippen molar-refractivity contribution in [3.05, 3.63) is 71.3 Å². The summed E-state index contributed by atoms with van der Waals surface area (Å²) in [5.41, 5.74) is 2.26. The van der Waals surface area contributed by atoms with Gasteiger partial charge in [0.2, 0.25) is 5.91 Å². The molecule has 6 heteroatoms. The van der Waals surface area contributed by atoms with Crippen LogP contribution >= 0.6 is 11.8 Å². The number of sulfonamides is 1. The SMILES string of the molecule is Cc1cc(C)c(S(=O)(=O)NC(=O)CSc2ccc3ccccc3c2)c(C)c1. The molecule has 0 bridgehead atoms. The van der Waals surface area contributed by atoms with Gasteiger partial charge in [0.05, 0.1) is 10.6 Å². The Hall–Kier alpha value is -2.31. The van der Waals surface area contributed by atoms with E-state index in [-0.39, 0.29) is 10.6 Å². The summed E-state index contributed by atoms with van der Waals surface area (Å²) in [7, 11) is -3.89. The van der Waals surface area contributed by atoms with Gasteiger partial charge in [-0.25, -0.2) is 13.1 Å². The Morgan fingerprint density at radius 1 is 0.926 bits per heavy atom. The Balaban J connectivity index is 1.71. The monoisotopic (exact) mass is 399 g/mol. The number of hydrogen-bond donors (Lipinski definition) is 1. The molecule has 0 fully saturated rings. The van der Waals surface area contributed by atoms with Gasteiger partial charge in [0, 0.05) is 4.90 Å². The molecule has 0 aliphatic heterocycles. The van der Waals surface area contributed by atoms with Gasteiger partial charge in [-0.2, -0.15) is 0 Å². The number of carbonyl (C=O) groups excluding carboxylic acids is 1. The van der Waals surface area contributed by atoms with Crippen LogP contribution < -0.4 is 4.72 Å². The average Bonchev–Trinajstić information content (AvgIpc) is 2.58. The summed E-state index contributed by atoms with van der Waals surface area (Å²) in [5, 5.41) is 2.21. The lowest BCUT2D eigenvalue weighted by Gasteiger charge is -2.13. The molecular formula is C21H21NO3S2. The summed E-state index contributed by atoms with van der Waals surface area (Å²) in [4.78, 5) is 13.3. The number of amides is 1. The zero-order chi connectivity index (χ0) is 19.6. The van der Waals surface area contributed by atoms with Crippen LogP contribution in [0, 0.1) is 20.8 Å². The Morgan fingerprint density at radius 2 is 1.56 bits per heavy atom. The third kappa shape index (κ3) is 4.51. The van der Waals surface area contributed by atoms with Gasteiger partial charge < -0.3 is 0 Å². The molecule has 0 spiro atoms. The van der Waals surface area contributed by atoms with Gasteiger partial charge in [0.1, 0.15) is 0 Å². The second kappa shape index (κ2) is 7.74. The molecule has 0 heterocycles. The number of nitrogens with one attached hydrogen (secondary N) is 1. The van der Waals surface area contributed by atoms with Gasteiger partial charge in [-0.1, -0.05) is 48.0 Å². The molecular weight excluding hydrogens is 378 g/mol. The molecule has 0 aromatic heterocycles. The number of benzene rings is 3. The second-order valence-corrected chi connectivity index (χ2v) is 9.22. The fourth-order valence-corrected chi connectivity index (χ4v) is 5.50. The number of carbonyl (C=O) groups is 1. The highest BCUT2D eigenvalue weighted by atomic mass is 32.2. The maximum absolute atomic E-state index is 12.6. The number of aryl methyl sites for hydroxylation is 3. The second-order valence-electron chi connectivity index (χ2n) is 6.55. The fraction of sp³-hybridized carbons (Fsp3) is 0.190. The Labute approximate surface area is 164 Å². The number of rotatable bonds is 5. The van der Waals surface area contributed by atoms with Crippen molar-refractivity contribution < 1.29 is 13.2 Å². The van der Waals surface area contributed by atoms with E-state index in [0.29, 0.717) is 11.1 Å². The molecule has 3 rings (SSSR count). The van der Waals surface area contributed by atoms with Gasteiger partial charge in [0.25, 0.3) is 10.0 Å². The fourth-order valence-electron chi connectivity index (χ4n) is 3.23. The predicted octanol–water partition coefficient (Wildman–Crippen LogP) is 4.36. The van der Waals surface area contributed by atoms with Gasteiger partial charge >= 0.3 is 0 Å². The summed E-state index contributed by atoms with van der Waals surface area (Å²) in [5.74, 6) is -0.505. The number of fused-ring (bicyclic) bond motifs is 1. The standard InChI is InChI=1S/C21H21NO3S2/c1-14-10-15(2)21(16(3)11-14)27(24,25)22-20(23)13-26-19-9-8-17-6-4-5-7-18(17)12-19/h4-12H,13H2,1-3H3,(H,22,23). The van der Waals surface area contributed by atoms with E-state index in [4.69, 9.17) is 0 Å². The largest absolute Gasteiger partial charge is 0.273 e. The first-order valence-electron chi connectivity index (χ1n) is 8.51. The first-order valence-corrected chi connectivity index (χ1v) is 11.0. The zero-order valence-corrected chi connectivity index (χ0v) is 17.1. The van der Waals surface area contributed by atoms with Crippen molar-refractivity contribution in [3.63, 3.8) is 0 Å². The van der Waals surface area contributed by atoms with Gasteiger partial charge in [0.15, 0.2) is 0 Å². The lowest BCUT2D eigenvalue weighted by atomic mass is 10.1. The van der Waals surface area contributed by atoms with Crippen molar-refractivity contribution in [3.8, 4) is 0 Å². The van der Waals surface area contributed by atoms with Crippen LogP contribution in [0.4, 0.5) is 0 Å². The van der Waals surface area contributed by atoms with Crippen molar-refractivity contribution in [1.29, 1.82) is 0 Å². The molecule has 3 aromatic rings. The molecule has 0 unspecified atom stereocenters. The highest BCUT2D eigenvalue weighted by Crippen LogP contribution is 2.24. The van der Waals surface area contributed by atoms with E-state index in [1.54, 1.807) is 26.0 Å². The van der Waals surface area contributed by atoms with Gasteiger partial charge in [-0.05, 0) is 54.8 Å². The minimum Gasteiger partial charge on any atom is -0.273 e. The van der Waals surface area contributed by atoms with Crippen molar-refractivity contribution in [2.75, 3.05) is 5.75 Å². The van der Waals surface area contributed by atoms with E-state index in [1.165, 1.54) is 11.8 Å². The van der Waals surface area contributed by atoms with E-state index in [1.807, 2.05) is 49.4 Å². The molecule has 1 N–H and O–H groups in total. The minimum absolute atomic E-state index is 0.0293. The highest BCUT2D eigenvalue weighted by molar-refractivity contribution is 8.00. The molecule has 3 aromatic carbocycles. The summed E-state index contributed by atoms with van der Waals surface area (Å²) < 4.78 is 27.5. The van der Waals surface area contributed by atoms with Crippen LogP contribution in [-0.2, 0) is 14.8 Å². The van der Waals surface area contributed by atoms with E-state index >= 15 is 0 Å². The Kier molecular flexibility index (Phi) is 5.58. The first kappa shape index (κ1) is 19.5. The van der Waals surface area contributed by atoms with Crippen LogP contribution in [0.2, 0.25) is 0 Å². The smallest absolute Gasteiger partial charge is 0.264 e. The van der Waals surface area contributed by atoms with Gasteiger partial charge in [-0.3, -0.25) is 4.79 Å². The molecule has 0 aliphatic carbocycles. The van der Waals surface area contributed by atoms with Crippen LogP contribution in [0.5, 0.6) is 0 Å². The molecule has 0 radical (unpaired) electrons. The summed E-state index contributed by atoms with van der Waals surface area (Å²) in [6, 6.07) is 17.5. The third-order valence-corrected chi connectivity index (χ3v) is 6.88. The molecule has 0 atom stereocenters. The van der Waals surface area contributed by atoms with Crippen molar-refractivity contribution >= 4 is 38.5 Å². The van der Waals surface area contributed by atoms with Crippen LogP contribution in [0.15, 0.2) is 64.4 Å². The van der Waals surface area contributed by atoms with Crippen LogP contribution in [0.3, 0.4) is 0 Å². The normalized spacial score (nSPS) is 11.5. The number of thioether (sulfide) groups is 1. The highest BCUT2D eigenvalue weighted by Gasteiger charge is 2.22. The summed E-state index contributed by atoms with van der Waals surface area (Å²) in [6.07, 6.45) is 0. The lowest BCUT2D eigenvalue weighted by molar-refractivity contribution is -0.116. The predicted molar refractivity (Wildman–Crippen MR) is 111 cm³/mol. The Morgan fingerprint density at radius 3 is 2.22 bits per heavy atom. The maximum Gasteiger partial charge on any atom is 0.264 e. The average molecular weight is 400 g/mol. The van der Waals surface area contributed by atoms with Crippen LogP contribution in [0.1, 0.15) is 16.7 Å². The molecule has 27 heavy (non-hydrogen) atoms. The van der Waals surface area contributed by atoms with Crippen molar-refractivity contribution in [1.82, 2.24) is 4.72 Å². The summed E-state index contributed by atoms with van der Waals surface area (Å²) >= 11 is 1.31. The molecule has 0 aliphatic rings. The third-order valence-electron chi connectivity index (χ3n) is 4.21. The van der Waals surface area contributed by atoms with E-state index in [2.05, 4.69) is 4.72 Å². The molecule has 4 nitrogen and oxygen atoms in total. The lowest BCUT2D eigenvalue weighted by Crippen LogP contribution is -2.32. The van der Waals surface area contributed by atoms with E-state index < -0.39 is 15.9 Å². The first-order chi connectivity index (χ1) is 12.8. The molecule has 0 saturated carbocycles. The quantitative estimate of drug-likeness (QED) is 0.648. The maximum atomic E-state index is 12.6. The summed E-state index contributed by atoms with van der Waals surface area (Å²) in [6.45, 7) is 5.39. The molecule has 0 saturated heterocycles. The Bertz CT molecular complexity index is 1100. The van der Waals surface area contributed by atoms with Crippen molar-refractivity contribution in [2.45, 2.75) is 30.6 Å².